The van der Waals surface area contributed by atoms with Crippen LogP contribution in [0.4, 0.5) is 0 Å². The third-order valence-electron chi connectivity index (χ3n) is 2.97. The van der Waals surface area contributed by atoms with E-state index in [4.69, 9.17) is 21.7 Å². The number of rotatable bonds is 13. The van der Waals surface area contributed by atoms with Crippen molar-refractivity contribution in [3.8, 4) is 0 Å². The van der Waals surface area contributed by atoms with Gasteiger partial charge in [0.15, 0.2) is 0 Å². The summed E-state index contributed by atoms with van der Waals surface area (Å²) in [6.07, 6.45) is 12.7. The Morgan fingerprint density at radius 3 is 0.947 bits per heavy atom. The lowest BCUT2D eigenvalue weighted by Gasteiger charge is -1.97. The summed E-state index contributed by atoms with van der Waals surface area (Å²) in [6.45, 7) is 2.30. The summed E-state index contributed by atoms with van der Waals surface area (Å²) < 4.78 is 0. The van der Waals surface area contributed by atoms with Crippen molar-refractivity contribution in [2.75, 3.05) is 26.3 Å². The molecule has 0 aliphatic rings. The lowest BCUT2D eigenvalue weighted by molar-refractivity contribution is 0.282. The number of hydrogen-bond acceptors (Lipinski definition) is 4. The van der Waals surface area contributed by atoms with Gasteiger partial charge < -0.3 is 21.7 Å². The van der Waals surface area contributed by atoms with Gasteiger partial charge in [0, 0.05) is 13.2 Å². The van der Waals surface area contributed by atoms with E-state index in [0.717, 1.165) is 45.2 Å². The molecule has 0 heterocycles. The van der Waals surface area contributed by atoms with Crippen molar-refractivity contribution in [1.29, 1.82) is 0 Å². The summed E-state index contributed by atoms with van der Waals surface area (Å²) >= 11 is 0. The molecular formula is C15H36N2O2. The van der Waals surface area contributed by atoms with Gasteiger partial charge in [-0.05, 0) is 38.8 Å². The van der Waals surface area contributed by atoms with E-state index in [-0.39, 0.29) is 0 Å². The molecule has 118 valence electrons. The molecule has 4 heteroatoms. The van der Waals surface area contributed by atoms with E-state index in [9.17, 15) is 0 Å². The van der Waals surface area contributed by atoms with E-state index in [2.05, 4.69) is 0 Å². The van der Waals surface area contributed by atoms with Gasteiger partial charge in [-0.3, -0.25) is 0 Å². The fourth-order valence-electron chi connectivity index (χ4n) is 1.75. The van der Waals surface area contributed by atoms with Crippen LogP contribution in [0.25, 0.3) is 0 Å². The Morgan fingerprint density at radius 1 is 0.421 bits per heavy atom. The highest BCUT2D eigenvalue weighted by Crippen LogP contribution is 2.03. The molecule has 0 bridgehead atoms. The molecule has 0 unspecified atom stereocenters. The predicted octanol–water partition coefficient (Wildman–Crippen LogP) is 2.17. The molecule has 19 heavy (non-hydrogen) atoms. The molecule has 0 aliphatic heterocycles. The van der Waals surface area contributed by atoms with E-state index in [0.29, 0.717) is 13.2 Å². The highest BCUT2D eigenvalue weighted by Gasteiger charge is 1.88. The van der Waals surface area contributed by atoms with Crippen LogP contribution >= 0.6 is 0 Å². The summed E-state index contributed by atoms with van der Waals surface area (Å²) in [7, 11) is 0. The zero-order chi connectivity index (χ0) is 14.6. The monoisotopic (exact) mass is 276 g/mol. The molecule has 0 saturated carbocycles. The standard InChI is InChI=1S/C8H19NO.C7H17NO/c9-7-5-3-1-2-4-6-8-10;8-6-4-2-1-3-5-7-9/h10H,1-9H2;9H,1-8H2. The number of unbranched alkanes of at least 4 members (excludes halogenated alkanes) is 9. The van der Waals surface area contributed by atoms with Crippen LogP contribution < -0.4 is 11.5 Å². The molecule has 0 amide bonds. The molecule has 0 atom stereocenters. The van der Waals surface area contributed by atoms with Gasteiger partial charge in [-0.2, -0.15) is 0 Å². The number of hydrogen-bond donors (Lipinski definition) is 4. The molecule has 0 saturated heterocycles. The van der Waals surface area contributed by atoms with Crippen LogP contribution in [0, 0.1) is 0 Å². The second kappa shape index (κ2) is 23.0. The number of aliphatic hydroxyl groups is 2. The Morgan fingerprint density at radius 2 is 0.684 bits per heavy atom. The first-order valence-corrected chi connectivity index (χ1v) is 7.95. The van der Waals surface area contributed by atoms with Crippen molar-refractivity contribution in [3.63, 3.8) is 0 Å². The minimum Gasteiger partial charge on any atom is -0.396 e. The first-order valence-electron chi connectivity index (χ1n) is 7.95. The summed E-state index contributed by atoms with van der Waals surface area (Å²) in [5.41, 5.74) is 10.6. The number of aliphatic hydroxyl groups excluding tert-OH is 2. The van der Waals surface area contributed by atoms with Crippen LogP contribution in [0.2, 0.25) is 0 Å². The van der Waals surface area contributed by atoms with Crippen molar-refractivity contribution in [1.82, 2.24) is 0 Å². The van der Waals surface area contributed by atoms with Crippen molar-refractivity contribution in [2.45, 2.75) is 70.6 Å². The SMILES string of the molecule is NCCCCCCCCO.NCCCCCCCO. The van der Waals surface area contributed by atoms with Crippen LogP contribution in [0.5, 0.6) is 0 Å². The van der Waals surface area contributed by atoms with Crippen LogP contribution in [0.3, 0.4) is 0 Å². The van der Waals surface area contributed by atoms with Crippen molar-refractivity contribution in [3.05, 3.63) is 0 Å². The first-order chi connectivity index (χ1) is 9.33. The average molecular weight is 276 g/mol. The molecule has 0 spiro atoms. The fraction of sp³-hybridized carbons (Fsp3) is 1.00. The molecule has 4 nitrogen and oxygen atoms in total. The minimum absolute atomic E-state index is 0.336. The molecular weight excluding hydrogens is 240 g/mol. The molecule has 0 radical (unpaired) electrons. The first kappa shape index (κ1) is 21.1. The second-order valence-corrected chi connectivity index (χ2v) is 4.91. The topological polar surface area (TPSA) is 92.5 Å². The zero-order valence-corrected chi connectivity index (χ0v) is 12.7. The fourth-order valence-corrected chi connectivity index (χ4v) is 1.75. The summed E-state index contributed by atoms with van der Waals surface area (Å²) in [5, 5.41) is 16.8. The van der Waals surface area contributed by atoms with Crippen molar-refractivity contribution < 1.29 is 10.2 Å². The summed E-state index contributed by atoms with van der Waals surface area (Å²) in [5.74, 6) is 0. The van der Waals surface area contributed by atoms with Gasteiger partial charge in [-0.1, -0.05) is 44.9 Å². The highest BCUT2D eigenvalue weighted by atomic mass is 16.3. The third-order valence-corrected chi connectivity index (χ3v) is 2.97. The van der Waals surface area contributed by atoms with Crippen LogP contribution in [-0.2, 0) is 0 Å². The van der Waals surface area contributed by atoms with Gasteiger partial charge >= 0.3 is 0 Å². The quantitative estimate of drug-likeness (QED) is 0.388. The van der Waals surface area contributed by atoms with Gasteiger partial charge in [-0.15, -0.1) is 0 Å². The minimum atomic E-state index is 0.336. The Hall–Kier alpha value is -0.160. The van der Waals surface area contributed by atoms with Gasteiger partial charge in [0.1, 0.15) is 0 Å². The van der Waals surface area contributed by atoms with Crippen LogP contribution in [-0.4, -0.2) is 36.5 Å². The van der Waals surface area contributed by atoms with E-state index in [1.54, 1.807) is 0 Å². The third kappa shape index (κ3) is 27.2. The second-order valence-electron chi connectivity index (χ2n) is 4.91. The lowest BCUT2D eigenvalue weighted by atomic mass is 10.1. The normalized spacial score (nSPS) is 10.1. The number of nitrogens with two attached hydrogens (primary N) is 2. The molecule has 0 fully saturated rings. The molecule has 6 N–H and O–H groups in total. The van der Waals surface area contributed by atoms with Crippen molar-refractivity contribution in [2.24, 2.45) is 11.5 Å². The lowest BCUT2D eigenvalue weighted by Crippen LogP contribution is -1.97. The van der Waals surface area contributed by atoms with Gasteiger partial charge in [0.2, 0.25) is 0 Å². The maximum Gasteiger partial charge on any atom is 0.0431 e. The highest BCUT2D eigenvalue weighted by molar-refractivity contribution is 4.45. The Kier molecular flexibility index (Phi) is 25.6. The van der Waals surface area contributed by atoms with Gasteiger partial charge in [0.05, 0.1) is 0 Å². The van der Waals surface area contributed by atoms with Crippen molar-refractivity contribution >= 4 is 0 Å². The summed E-state index contributed by atoms with van der Waals surface area (Å²) in [6, 6.07) is 0. The van der Waals surface area contributed by atoms with Gasteiger partial charge in [0.25, 0.3) is 0 Å². The Bertz CT molecular complexity index is 121. The van der Waals surface area contributed by atoms with E-state index < -0.39 is 0 Å². The van der Waals surface area contributed by atoms with E-state index in [1.165, 1.54) is 38.5 Å². The largest absolute Gasteiger partial charge is 0.396 e. The van der Waals surface area contributed by atoms with E-state index >= 15 is 0 Å². The van der Waals surface area contributed by atoms with Crippen LogP contribution in [0.1, 0.15) is 70.6 Å². The molecule has 0 aromatic heterocycles. The van der Waals surface area contributed by atoms with Crippen LogP contribution in [0.15, 0.2) is 0 Å². The zero-order valence-electron chi connectivity index (χ0n) is 12.7. The molecule has 0 aliphatic carbocycles. The summed E-state index contributed by atoms with van der Waals surface area (Å²) in [4.78, 5) is 0. The molecule has 0 aromatic rings. The predicted molar refractivity (Wildman–Crippen MR) is 83.1 cm³/mol. The average Bonchev–Trinajstić information content (AvgIpc) is 2.43. The van der Waals surface area contributed by atoms with Gasteiger partial charge in [-0.25, -0.2) is 0 Å². The Balaban J connectivity index is 0. The maximum absolute atomic E-state index is 8.45. The van der Waals surface area contributed by atoms with E-state index in [1.807, 2.05) is 0 Å². The molecule has 0 rings (SSSR count). The molecule has 0 aromatic carbocycles. The Labute approximate surface area is 119 Å². The smallest absolute Gasteiger partial charge is 0.0431 e. The maximum atomic E-state index is 8.45.